The Kier molecular flexibility index (Phi) is 4.52. The number of rotatable bonds is 4. The maximum absolute atomic E-state index is 5.59. The highest BCUT2D eigenvalue weighted by atomic mass is 127. The lowest BCUT2D eigenvalue weighted by molar-refractivity contribution is -0.627. The molecule has 13 heavy (non-hydrogen) atoms. The van der Waals surface area contributed by atoms with Crippen molar-refractivity contribution in [3.05, 3.63) is 27.3 Å². The van der Waals surface area contributed by atoms with E-state index in [1.807, 2.05) is 13.1 Å². The topological polar surface area (TPSA) is 25.8 Å². The number of aryl methyl sites for hydroxylation is 1. The zero-order chi connectivity index (χ0) is 9.68. The second-order valence-electron chi connectivity index (χ2n) is 2.98. The summed E-state index contributed by atoms with van der Waals surface area (Å²) in [6.07, 6.45) is 0. The molecule has 0 atom stereocenters. The molecule has 1 aromatic carbocycles. The second-order valence-corrected chi connectivity index (χ2v) is 4.14. The normalized spacial score (nSPS) is 10.1. The van der Waals surface area contributed by atoms with Crippen molar-refractivity contribution in [2.45, 2.75) is 6.92 Å². The SMILES string of the molecule is C[NH2+]CCOc1ccc(C)cc1I. The maximum Gasteiger partial charge on any atom is 0.137 e. The van der Waals surface area contributed by atoms with Gasteiger partial charge in [0.2, 0.25) is 0 Å². The van der Waals surface area contributed by atoms with Crippen molar-refractivity contribution in [3.63, 3.8) is 0 Å². The van der Waals surface area contributed by atoms with Crippen LogP contribution in [0.15, 0.2) is 18.2 Å². The molecule has 2 N–H and O–H groups in total. The van der Waals surface area contributed by atoms with Crippen LogP contribution in [-0.2, 0) is 0 Å². The van der Waals surface area contributed by atoms with E-state index >= 15 is 0 Å². The van der Waals surface area contributed by atoms with Crippen molar-refractivity contribution in [3.8, 4) is 5.75 Å². The molecule has 0 spiro atoms. The first kappa shape index (κ1) is 10.8. The van der Waals surface area contributed by atoms with Gasteiger partial charge in [0.1, 0.15) is 18.9 Å². The Morgan fingerprint density at radius 1 is 1.46 bits per heavy atom. The van der Waals surface area contributed by atoms with E-state index in [9.17, 15) is 0 Å². The van der Waals surface area contributed by atoms with Crippen LogP contribution in [0, 0.1) is 10.5 Å². The predicted octanol–water partition coefficient (Wildman–Crippen LogP) is 1.17. The summed E-state index contributed by atoms with van der Waals surface area (Å²) in [5.74, 6) is 0.994. The lowest BCUT2D eigenvalue weighted by Crippen LogP contribution is -2.80. The lowest BCUT2D eigenvalue weighted by atomic mass is 10.2. The molecular formula is C10H15INO+. The summed E-state index contributed by atoms with van der Waals surface area (Å²) in [5.41, 5.74) is 1.28. The second kappa shape index (κ2) is 5.44. The molecule has 0 heterocycles. The van der Waals surface area contributed by atoms with Gasteiger partial charge in [-0.2, -0.15) is 0 Å². The fourth-order valence-corrected chi connectivity index (χ4v) is 1.84. The Hall–Kier alpha value is -0.290. The van der Waals surface area contributed by atoms with Crippen LogP contribution in [-0.4, -0.2) is 20.2 Å². The summed E-state index contributed by atoms with van der Waals surface area (Å²) in [7, 11) is 2.05. The Balaban J connectivity index is 2.56. The van der Waals surface area contributed by atoms with E-state index in [1.54, 1.807) is 0 Å². The average molecular weight is 292 g/mol. The van der Waals surface area contributed by atoms with Gasteiger partial charge in [-0.3, -0.25) is 0 Å². The zero-order valence-electron chi connectivity index (χ0n) is 8.01. The third-order valence-corrected chi connectivity index (χ3v) is 2.59. The minimum atomic E-state index is 0.773. The van der Waals surface area contributed by atoms with Crippen LogP contribution in [0.3, 0.4) is 0 Å². The maximum atomic E-state index is 5.59. The van der Waals surface area contributed by atoms with Crippen molar-refractivity contribution in [1.29, 1.82) is 0 Å². The van der Waals surface area contributed by atoms with Crippen LogP contribution >= 0.6 is 22.6 Å². The molecule has 72 valence electrons. The molecule has 3 heteroatoms. The third-order valence-electron chi connectivity index (χ3n) is 1.75. The summed E-state index contributed by atoms with van der Waals surface area (Å²) in [4.78, 5) is 0. The first-order valence-electron chi connectivity index (χ1n) is 4.41. The molecule has 1 rings (SSSR count). The van der Waals surface area contributed by atoms with Gasteiger partial charge in [0, 0.05) is 0 Å². The smallest absolute Gasteiger partial charge is 0.137 e. The molecule has 0 aromatic heterocycles. The van der Waals surface area contributed by atoms with Gasteiger partial charge in [-0.05, 0) is 47.2 Å². The van der Waals surface area contributed by atoms with Crippen molar-refractivity contribution in [1.82, 2.24) is 0 Å². The molecular weight excluding hydrogens is 277 g/mol. The predicted molar refractivity (Wildman–Crippen MR) is 62.1 cm³/mol. The Morgan fingerprint density at radius 3 is 2.85 bits per heavy atom. The van der Waals surface area contributed by atoms with E-state index in [1.165, 1.54) is 9.13 Å². The molecule has 0 aliphatic heterocycles. The van der Waals surface area contributed by atoms with Gasteiger partial charge >= 0.3 is 0 Å². The van der Waals surface area contributed by atoms with Gasteiger partial charge in [0.15, 0.2) is 0 Å². The van der Waals surface area contributed by atoms with Gasteiger partial charge < -0.3 is 10.1 Å². The number of quaternary nitrogens is 1. The number of hydrogen-bond acceptors (Lipinski definition) is 1. The van der Waals surface area contributed by atoms with Gasteiger partial charge in [0.25, 0.3) is 0 Å². The summed E-state index contributed by atoms with van der Waals surface area (Å²) >= 11 is 2.30. The molecule has 0 aliphatic carbocycles. The van der Waals surface area contributed by atoms with Crippen molar-refractivity contribution in [2.24, 2.45) is 0 Å². The fourth-order valence-electron chi connectivity index (χ4n) is 1.01. The van der Waals surface area contributed by atoms with Crippen LogP contribution in [0.4, 0.5) is 0 Å². The quantitative estimate of drug-likeness (QED) is 0.654. The zero-order valence-corrected chi connectivity index (χ0v) is 10.2. The molecule has 0 saturated heterocycles. The van der Waals surface area contributed by atoms with Gasteiger partial charge in [-0.1, -0.05) is 6.07 Å². The monoisotopic (exact) mass is 292 g/mol. The van der Waals surface area contributed by atoms with Crippen LogP contribution < -0.4 is 10.1 Å². The van der Waals surface area contributed by atoms with Crippen LogP contribution in [0.5, 0.6) is 5.75 Å². The highest BCUT2D eigenvalue weighted by Gasteiger charge is 2.00. The van der Waals surface area contributed by atoms with E-state index in [0.29, 0.717) is 0 Å². The minimum absolute atomic E-state index is 0.773. The van der Waals surface area contributed by atoms with Gasteiger partial charge in [-0.15, -0.1) is 0 Å². The molecule has 2 nitrogen and oxygen atoms in total. The summed E-state index contributed by atoms with van der Waals surface area (Å²) in [5, 5.41) is 2.11. The van der Waals surface area contributed by atoms with Crippen LogP contribution in [0.1, 0.15) is 5.56 Å². The van der Waals surface area contributed by atoms with E-state index in [-0.39, 0.29) is 0 Å². The lowest BCUT2D eigenvalue weighted by Gasteiger charge is -2.06. The Labute approximate surface area is 92.8 Å². The van der Waals surface area contributed by atoms with Gasteiger partial charge in [0.05, 0.1) is 10.6 Å². The number of benzene rings is 1. The molecule has 0 amide bonds. The van der Waals surface area contributed by atoms with Crippen molar-refractivity contribution >= 4 is 22.6 Å². The number of ether oxygens (including phenoxy) is 1. The fraction of sp³-hybridized carbons (Fsp3) is 0.400. The number of hydrogen-bond donors (Lipinski definition) is 1. The summed E-state index contributed by atoms with van der Waals surface area (Å²) in [6, 6.07) is 6.24. The highest BCUT2D eigenvalue weighted by Crippen LogP contribution is 2.21. The molecule has 1 aromatic rings. The molecule has 0 aliphatic rings. The van der Waals surface area contributed by atoms with E-state index in [2.05, 4.69) is 47.0 Å². The first-order valence-corrected chi connectivity index (χ1v) is 5.48. The molecule has 0 unspecified atom stereocenters. The minimum Gasteiger partial charge on any atom is -0.487 e. The van der Waals surface area contributed by atoms with Crippen molar-refractivity contribution < 1.29 is 10.1 Å². The number of halogens is 1. The van der Waals surface area contributed by atoms with Crippen molar-refractivity contribution in [2.75, 3.05) is 20.2 Å². The molecule has 0 bridgehead atoms. The summed E-state index contributed by atoms with van der Waals surface area (Å²) in [6.45, 7) is 3.87. The molecule has 0 radical (unpaired) electrons. The standard InChI is InChI=1S/C10H14INO/c1-8-3-4-10(9(11)7-8)13-6-5-12-2/h3-4,7,12H,5-6H2,1-2H3/p+1. The third kappa shape index (κ3) is 3.52. The molecule has 0 fully saturated rings. The first-order chi connectivity index (χ1) is 6.24. The summed E-state index contributed by atoms with van der Waals surface area (Å²) < 4.78 is 6.78. The van der Waals surface area contributed by atoms with Crippen LogP contribution in [0.25, 0.3) is 0 Å². The van der Waals surface area contributed by atoms with E-state index < -0.39 is 0 Å². The Morgan fingerprint density at radius 2 is 2.23 bits per heavy atom. The number of likely N-dealkylation sites (N-methyl/N-ethyl adjacent to an activating group) is 1. The van der Waals surface area contributed by atoms with E-state index in [0.717, 1.165) is 18.9 Å². The average Bonchev–Trinajstić information content (AvgIpc) is 2.09. The number of nitrogens with two attached hydrogens (primary N) is 1. The Bertz CT molecular complexity index is 276. The molecule has 0 saturated carbocycles. The van der Waals surface area contributed by atoms with Gasteiger partial charge in [-0.25, -0.2) is 0 Å². The van der Waals surface area contributed by atoms with Crippen LogP contribution in [0.2, 0.25) is 0 Å². The highest BCUT2D eigenvalue weighted by molar-refractivity contribution is 14.1. The largest absolute Gasteiger partial charge is 0.487 e. The van der Waals surface area contributed by atoms with E-state index in [4.69, 9.17) is 4.74 Å².